The Bertz CT molecular complexity index is 654. The summed E-state index contributed by atoms with van der Waals surface area (Å²) in [5.74, 6) is 0. The van der Waals surface area contributed by atoms with Gasteiger partial charge in [0, 0.05) is 16.9 Å². The maximum absolute atomic E-state index is 4.61. The lowest BCUT2D eigenvalue weighted by atomic mass is 10.2. The molecule has 80 valence electrons. The van der Waals surface area contributed by atoms with Gasteiger partial charge in [0.05, 0.1) is 10.6 Å². The highest BCUT2D eigenvalue weighted by molar-refractivity contribution is 9.10. The topological polar surface area (TPSA) is 17.3 Å². The van der Waals surface area contributed by atoms with Gasteiger partial charge in [-0.15, -0.1) is 11.3 Å². The predicted molar refractivity (Wildman–Crippen MR) is 70.9 cm³/mol. The number of rotatable bonds is 1. The quantitative estimate of drug-likeness (QED) is 0.659. The van der Waals surface area contributed by atoms with Crippen LogP contribution in [0.1, 0.15) is 5.56 Å². The molecule has 0 aliphatic carbocycles. The summed E-state index contributed by atoms with van der Waals surface area (Å²) in [5, 5.41) is 2.10. The molecule has 0 bridgehead atoms. The van der Waals surface area contributed by atoms with Crippen molar-refractivity contribution >= 4 is 32.9 Å². The Hall–Kier alpha value is -1.13. The molecule has 0 saturated heterocycles. The van der Waals surface area contributed by atoms with E-state index in [4.69, 9.17) is 0 Å². The monoisotopic (exact) mass is 292 g/mol. The van der Waals surface area contributed by atoms with Crippen LogP contribution >= 0.6 is 27.3 Å². The van der Waals surface area contributed by atoms with Crippen molar-refractivity contribution in [2.75, 3.05) is 0 Å². The summed E-state index contributed by atoms with van der Waals surface area (Å²) in [6.07, 6.45) is 4.09. The van der Waals surface area contributed by atoms with Gasteiger partial charge < -0.3 is 4.40 Å². The van der Waals surface area contributed by atoms with Gasteiger partial charge in [-0.1, -0.05) is 0 Å². The van der Waals surface area contributed by atoms with E-state index in [1.807, 2.05) is 22.7 Å². The van der Waals surface area contributed by atoms with Crippen molar-refractivity contribution in [3.05, 3.63) is 46.0 Å². The van der Waals surface area contributed by atoms with Gasteiger partial charge in [0.25, 0.3) is 0 Å². The molecule has 3 rings (SSSR count). The molecule has 0 spiro atoms. The molecule has 0 aromatic carbocycles. The minimum atomic E-state index is 0.978. The zero-order valence-electron chi connectivity index (χ0n) is 8.64. The Morgan fingerprint density at radius 3 is 2.88 bits per heavy atom. The molecule has 2 nitrogen and oxygen atoms in total. The Morgan fingerprint density at radius 2 is 2.12 bits per heavy atom. The van der Waals surface area contributed by atoms with Crippen LogP contribution in [0.2, 0.25) is 0 Å². The zero-order valence-corrected chi connectivity index (χ0v) is 11.0. The number of pyridine rings is 1. The van der Waals surface area contributed by atoms with Gasteiger partial charge in [-0.2, -0.15) is 0 Å². The number of aryl methyl sites for hydroxylation is 1. The van der Waals surface area contributed by atoms with Gasteiger partial charge in [-0.25, -0.2) is 4.98 Å². The summed E-state index contributed by atoms with van der Waals surface area (Å²) in [7, 11) is 0. The van der Waals surface area contributed by atoms with Crippen LogP contribution in [0, 0.1) is 6.92 Å². The molecule has 0 aliphatic heterocycles. The highest BCUT2D eigenvalue weighted by Crippen LogP contribution is 2.28. The van der Waals surface area contributed by atoms with Gasteiger partial charge in [0.15, 0.2) is 0 Å². The fourth-order valence-electron chi connectivity index (χ4n) is 1.71. The fourth-order valence-corrected chi connectivity index (χ4v) is 2.94. The lowest BCUT2D eigenvalue weighted by Gasteiger charge is -1.91. The van der Waals surface area contributed by atoms with Crippen LogP contribution in [-0.2, 0) is 0 Å². The third-order valence-electron chi connectivity index (χ3n) is 2.51. The van der Waals surface area contributed by atoms with Crippen LogP contribution in [0.15, 0.2) is 40.4 Å². The first-order valence-electron chi connectivity index (χ1n) is 4.93. The molecule has 3 heterocycles. The van der Waals surface area contributed by atoms with Crippen molar-refractivity contribution in [1.29, 1.82) is 0 Å². The van der Waals surface area contributed by atoms with E-state index in [1.165, 1.54) is 10.4 Å². The normalized spacial score (nSPS) is 11.1. The third-order valence-corrected chi connectivity index (χ3v) is 4.02. The predicted octanol–water partition coefficient (Wildman–Crippen LogP) is 4.13. The van der Waals surface area contributed by atoms with Gasteiger partial charge in [0.1, 0.15) is 5.65 Å². The first-order chi connectivity index (χ1) is 7.74. The van der Waals surface area contributed by atoms with E-state index >= 15 is 0 Å². The van der Waals surface area contributed by atoms with Crippen molar-refractivity contribution < 1.29 is 0 Å². The second-order valence-electron chi connectivity index (χ2n) is 3.67. The second-order valence-corrected chi connectivity index (χ2v) is 5.50. The number of thiophene rings is 1. The Labute approximate surface area is 106 Å². The van der Waals surface area contributed by atoms with Crippen molar-refractivity contribution in [3.8, 4) is 10.6 Å². The Morgan fingerprint density at radius 1 is 1.25 bits per heavy atom. The van der Waals surface area contributed by atoms with E-state index in [-0.39, 0.29) is 0 Å². The lowest BCUT2D eigenvalue weighted by Crippen LogP contribution is -1.80. The number of nitrogens with zero attached hydrogens (tertiary/aromatic N) is 2. The van der Waals surface area contributed by atoms with Crippen molar-refractivity contribution in [1.82, 2.24) is 9.38 Å². The minimum absolute atomic E-state index is 0.978. The summed E-state index contributed by atoms with van der Waals surface area (Å²) in [6.45, 7) is 2.12. The van der Waals surface area contributed by atoms with Crippen LogP contribution in [0.4, 0.5) is 0 Å². The third kappa shape index (κ3) is 1.58. The highest BCUT2D eigenvalue weighted by Gasteiger charge is 2.08. The average molecular weight is 293 g/mol. The minimum Gasteiger partial charge on any atom is -0.305 e. The van der Waals surface area contributed by atoms with Crippen molar-refractivity contribution in [2.24, 2.45) is 0 Å². The maximum atomic E-state index is 4.61. The van der Waals surface area contributed by atoms with E-state index in [2.05, 4.69) is 45.5 Å². The lowest BCUT2D eigenvalue weighted by molar-refractivity contribution is 1.17. The summed E-state index contributed by atoms with van der Waals surface area (Å²) in [4.78, 5) is 5.86. The molecule has 0 fully saturated rings. The molecular weight excluding hydrogens is 284 g/mol. The number of aromatic nitrogens is 2. The molecule has 0 saturated carbocycles. The highest BCUT2D eigenvalue weighted by atomic mass is 79.9. The molecule has 0 atom stereocenters. The number of fused-ring (bicyclic) bond motifs is 1. The molecule has 0 N–H and O–H groups in total. The van der Waals surface area contributed by atoms with E-state index in [0.29, 0.717) is 0 Å². The average Bonchev–Trinajstić information content (AvgIpc) is 2.82. The van der Waals surface area contributed by atoms with Crippen molar-refractivity contribution in [3.63, 3.8) is 0 Å². The van der Waals surface area contributed by atoms with E-state index < -0.39 is 0 Å². The Kier molecular flexibility index (Phi) is 2.33. The standard InChI is InChI=1S/C12H9BrN2S/c1-8-4-5-16-12(8)10-7-15-6-9(13)2-3-11(15)14-10/h2-7H,1H3. The molecule has 3 aromatic rings. The van der Waals surface area contributed by atoms with Gasteiger partial charge >= 0.3 is 0 Å². The molecule has 0 amide bonds. The molecule has 3 aromatic heterocycles. The summed E-state index contributed by atoms with van der Waals surface area (Å²) in [6, 6.07) is 6.14. The Balaban J connectivity index is 2.23. The van der Waals surface area contributed by atoms with E-state index in [0.717, 1.165) is 15.8 Å². The second kappa shape index (κ2) is 3.71. The van der Waals surface area contributed by atoms with Crippen LogP contribution in [0.3, 0.4) is 0 Å². The van der Waals surface area contributed by atoms with Gasteiger partial charge in [-0.05, 0) is 52.0 Å². The number of hydrogen-bond donors (Lipinski definition) is 0. The maximum Gasteiger partial charge on any atom is 0.137 e. The van der Waals surface area contributed by atoms with E-state index in [9.17, 15) is 0 Å². The summed E-state index contributed by atoms with van der Waals surface area (Å²) in [5.41, 5.74) is 3.31. The largest absolute Gasteiger partial charge is 0.305 e. The van der Waals surface area contributed by atoms with Gasteiger partial charge in [-0.3, -0.25) is 0 Å². The SMILES string of the molecule is Cc1ccsc1-c1cn2cc(Br)ccc2n1. The summed E-state index contributed by atoms with van der Waals surface area (Å²) < 4.78 is 3.10. The number of halogens is 1. The van der Waals surface area contributed by atoms with Gasteiger partial charge in [0.2, 0.25) is 0 Å². The van der Waals surface area contributed by atoms with Crippen LogP contribution in [-0.4, -0.2) is 9.38 Å². The molecule has 0 radical (unpaired) electrons. The smallest absolute Gasteiger partial charge is 0.137 e. The molecule has 16 heavy (non-hydrogen) atoms. The zero-order chi connectivity index (χ0) is 11.1. The fraction of sp³-hybridized carbons (Fsp3) is 0.0833. The molecular formula is C12H9BrN2S. The summed E-state index contributed by atoms with van der Waals surface area (Å²) >= 11 is 5.19. The molecule has 0 unspecified atom stereocenters. The first-order valence-corrected chi connectivity index (χ1v) is 6.60. The van der Waals surface area contributed by atoms with Crippen molar-refractivity contribution in [2.45, 2.75) is 6.92 Å². The van der Waals surface area contributed by atoms with E-state index in [1.54, 1.807) is 11.3 Å². The number of hydrogen-bond acceptors (Lipinski definition) is 2. The van der Waals surface area contributed by atoms with Crippen LogP contribution < -0.4 is 0 Å². The number of imidazole rings is 1. The van der Waals surface area contributed by atoms with Crippen LogP contribution in [0.25, 0.3) is 16.2 Å². The molecule has 4 heteroatoms. The first kappa shape index (κ1) is 10.1. The van der Waals surface area contributed by atoms with Crippen LogP contribution in [0.5, 0.6) is 0 Å². The molecule has 0 aliphatic rings.